The molecule has 0 saturated carbocycles. The molecule has 4 rings (SSSR count). The Kier molecular flexibility index (Phi) is 6.31. The van der Waals surface area contributed by atoms with Crippen molar-refractivity contribution in [3.63, 3.8) is 0 Å². The molecule has 0 fully saturated rings. The molecule has 3 aromatic carbocycles. The summed E-state index contributed by atoms with van der Waals surface area (Å²) in [7, 11) is -3.59. The van der Waals surface area contributed by atoms with E-state index in [1.54, 1.807) is 24.3 Å². The van der Waals surface area contributed by atoms with Gasteiger partial charge in [-0.25, -0.2) is 8.42 Å². The normalized spacial score (nSPS) is 11.5. The average molecular weight is 484 g/mol. The van der Waals surface area contributed by atoms with Gasteiger partial charge in [-0.3, -0.25) is 4.79 Å². The second-order valence-electron chi connectivity index (χ2n) is 7.48. The molecule has 0 spiro atoms. The summed E-state index contributed by atoms with van der Waals surface area (Å²) in [4.78, 5) is 15.9. The van der Waals surface area contributed by atoms with Gasteiger partial charge in [-0.05, 0) is 42.0 Å². The van der Waals surface area contributed by atoms with Crippen molar-refractivity contribution >= 4 is 49.6 Å². The van der Waals surface area contributed by atoms with Gasteiger partial charge in [0.25, 0.3) is 5.91 Å². The maximum atomic E-state index is 12.9. The third kappa shape index (κ3) is 4.97. The van der Waals surface area contributed by atoms with Crippen LogP contribution in [-0.2, 0) is 16.4 Å². The number of phenols is 1. The second-order valence-corrected chi connectivity index (χ2v) is 10.2. The first kappa shape index (κ1) is 22.7. The lowest BCUT2D eigenvalue weighted by molar-refractivity contribution is 0.102. The zero-order valence-electron chi connectivity index (χ0n) is 17.7. The largest absolute Gasteiger partial charge is 0.504 e. The van der Waals surface area contributed by atoms with Gasteiger partial charge in [0.05, 0.1) is 22.0 Å². The van der Waals surface area contributed by atoms with Crippen molar-refractivity contribution in [2.45, 2.75) is 18.4 Å². The number of fused-ring (bicyclic) bond motifs is 1. The molecule has 9 heteroatoms. The topological polar surface area (TPSA) is 111 Å². The molecule has 1 aromatic heterocycles. The van der Waals surface area contributed by atoms with E-state index in [0.717, 1.165) is 16.5 Å². The van der Waals surface area contributed by atoms with Crippen molar-refractivity contribution in [1.82, 2.24) is 4.98 Å². The van der Waals surface area contributed by atoms with Crippen LogP contribution in [0.5, 0.6) is 5.75 Å². The SMILES string of the molecule is CCS(=O)(=O)c1cc(NCc2ccccc2)c(O)c(NC(=O)c2cc3cc(Cl)ccc3[nH]2)c1. The van der Waals surface area contributed by atoms with Crippen molar-refractivity contribution in [3.05, 3.63) is 83.0 Å². The summed E-state index contributed by atoms with van der Waals surface area (Å²) >= 11 is 6.01. The number of aromatic nitrogens is 1. The predicted molar refractivity (Wildman–Crippen MR) is 131 cm³/mol. The predicted octanol–water partition coefficient (Wildman–Crippen LogP) is 5.18. The van der Waals surface area contributed by atoms with Crippen molar-refractivity contribution in [2.24, 2.45) is 0 Å². The molecule has 4 N–H and O–H groups in total. The minimum Gasteiger partial charge on any atom is -0.504 e. The number of anilines is 2. The summed E-state index contributed by atoms with van der Waals surface area (Å²) in [6.45, 7) is 1.90. The highest BCUT2D eigenvalue weighted by Gasteiger charge is 2.20. The van der Waals surface area contributed by atoms with Crippen molar-refractivity contribution < 1.29 is 18.3 Å². The summed E-state index contributed by atoms with van der Waals surface area (Å²) in [6.07, 6.45) is 0. The minimum absolute atomic E-state index is 0.00269. The Bertz CT molecular complexity index is 1430. The number of H-pyrrole nitrogens is 1. The van der Waals surface area contributed by atoms with Crippen LogP contribution in [-0.4, -0.2) is 30.2 Å². The Labute approximate surface area is 196 Å². The number of rotatable bonds is 7. The molecule has 0 aliphatic rings. The Hall–Kier alpha value is -3.49. The van der Waals surface area contributed by atoms with Gasteiger partial charge in [-0.15, -0.1) is 0 Å². The molecule has 7 nitrogen and oxygen atoms in total. The first-order chi connectivity index (χ1) is 15.8. The van der Waals surface area contributed by atoms with Gasteiger partial charge in [0.2, 0.25) is 0 Å². The van der Waals surface area contributed by atoms with Crippen LogP contribution in [0.15, 0.2) is 71.6 Å². The number of carbonyl (C=O) groups is 1. The van der Waals surface area contributed by atoms with Crippen molar-refractivity contribution in [3.8, 4) is 5.75 Å². The van der Waals surface area contributed by atoms with Gasteiger partial charge in [-0.2, -0.15) is 0 Å². The number of amides is 1. The highest BCUT2D eigenvalue weighted by atomic mass is 35.5. The number of hydrogen-bond donors (Lipinski definition) is 4. The van der Waals surface area contributed by atoms with E-state index in [1.807, 2.05) is 30.3 Å². The summed E-state index contributed by atoms with van der Waals surface area (Å²) in [5.74, 6) is -0.905. The summed E-state index contributed by atoms with van der Waals surface area (Å²) < 4.78 is 25.1. The van der Waals surface area contributed by atoms with Crippen LogP contribution < -0.4 is 10.6 Å². The smallest absolute Gasteiger partial charge is 0.272 e. The highest BCUT2D eigenvalue weighted by Crippen LogP contribution is 2.36. The van der Waals surface area contributed by atoms with Gasteiger partial charge in [0.15, 0.2) is 15.6 Å². The molecule has 0 bridgehead atoms. The lowest BCUT2D eigenvalue weighted by Crippen LogP contribution is -2.14. The lowest BCUT2D eigenvalue weighted by atomic mass is 10.2. The minimum atomic E-state index is -3.59. The molecule has 1 heterocycles. The Morgan fingerprint density at radius 2 is 1.76 bits per heavy atom. The van der Waals surface area contributed by atoms with Crippen LogP contribution in [0.2, 0.25) is 5.02 Å². The highest BCUT2D eigenvalue weighted by molar-refractivity contribution is 7.91. The fourth-order valence-electron chi connectivity index (χ4n) is 3.39. The summed E-state index contributed by atoms with van der Waals surface area (Å²) in [5, 5.41) is 17.8. The monoisotopic (exact) mass is 483 g/mol. The molecule has 0 unspecified atom stereocenters. The first-order valence-corrected chi connectivity index (χ1v) is 12.3. The number of sulfone groups is 1. The second kappa shape index (κ2) is 9.17. The third-order valence-electron chi connectivity index (χ3n) is 5.22. The van der Waals surface area contributed by atoms with Crippen LogP contribution in [0.25, 0.3) is 10.9 Å². The molecule has 33 heavy (non-hydrogen) atoms. The Morgan fingerprint density at radius 1 is 1.03 bits per heavy atom. The quantitative estimate of drug-likeness (QED) is 0.270. The third-order valence-corrected chi connectivity index (χ3v) is 7.17. The van der Waals surface area contributed by atoms with E-state index in [1.165, 1.54) is 19.1 Å². The molecule has 0 atom stereocenters. The maximum absolute atomic E-state index is 12.9. The summed E-state index contributed by atoms with van der Waals surface area (Å²) in [5.41, 5.74) is 2.10. The Morgan fingerprint density at radius 3 is 2.48 bits per heavy atom. The molecule has 170 valence electrons. The number of phenolic OH excluding ortho intramolecular Hbond substituents is 1. The van der Waals surface area contributed by atoms with Gasteiger partial charge >= 0.3 is 0 Å². The van der Waals surface area contributed by atoms with Crippen molar-refractivity contribution in [1.29, 1.82) is 0 Å². The number of carbonyl (C=O) groups excluding carboxylic acids is 1. The number of benzene rings is 3. The van der Waals surface area contributed by atoms with Crippen LogP contribution in [0.1, 0.15) is 23.0 Å². The molecule has 0 radical (unpaired) electrons. The van der Waals surface area contributed by atoms with Crippen LogP contribution in [0.4, 0.5) is 11.4 Å². The number of hydrogen-bond acceptors (Lipinski definition) is 5. The maximum Gasteiger partial charge on any atom is 0.272 e. The lowest BCUT2D eigenvalue weighted by Gasteiger charge is -2.15. The molecular weight excluding hydrogens is 462 g/mol. The van der Waals surface area contributed by atoms with Gasteiger partial charge in [-0.1, -0.05) is 48.9 Å². The van der Waals surface area contributed by atoms with E-state index in [0.29, 0.717) is 11.6 Å². The van der Waals surface area contributed by atoms with Gasteiger partial charge in [0, 0.05) is 22.5 Å². The number of aromatic hydroxyl groups is 1. The molecule has 4 aromatic rings. The Balaban J connectivity index is 1.67. The average Bonchev–Trinajstić information content (AvgIpc) is 3.23. The molecule has 0 aliphatic carbocycles. The zero-order chi connectivity index (χ0) is 23.6. The number of aromatic amines is 1. The number of halogens is 1. The standard InChI is InChI=1S/C24H22ClN3O4S/c1-2-33(31,32)18-12-20(26-14-15-6-4-3-5-7-15)23(29)21(13-18)28-24(30)22-11-16-10-17(25)8-9-19(16)27-22/h3-13,26-27,29H,2,14H2,1H3,(H,28,30). The molecular formula is C24H22ClN3O4S. The van der Waals surface area contributed by atoms with E-state index >= 15 is 0 Å². The van der Waals surface area contributed by atoms with E-state index in [9.17, 15) is 18.3 Å². The van der Waals surface area contributed by atoms with Crippen LogP contribution in [0.3, 0.4) is 0 Å². The van der Waals surface area contributed by atoms with Gasteiger partial charge in [0.1, 0.15) is 5.69 Å². The van der Waals surface area contributed by atoms with Gasteiger partial charge < -0.3 is 20.7 Å². The fraction of sp³-hybridized carbons (Fsp3) is 0.125. The van der Waals surface area contributed by atoms with Crippen molar-refractivity contribution in [2.75, 3.05) is 16.4 Å². The first-order valence-electron chi connectivity index (χ1n) is 10.2. The van der Waals surface area contributed by atoms with E-state index < -0.39 is 15.7 Å². The van der Waals surface area contributed by atoms with E-state index in [4.69, 9.17) is 11.6 Å². The zero-order valence-corrected chi connectivity index (χ0v) is 19.3. The van der Waals surface area contributed by atoms with Crippen LogP contribution in [0, 0.1) is 0 Å². The summed E-state index contributed by atoms with van der Waals surface area (Å²) in [6, 6.07) is 18.9. The molecule has 0 aliphatic heterocycles. The fourth-order valence-corrected chi connectivity index (χ4v) is 4.50. The molecule has 0 saturated heterocycles. The number of nitrogens with one attached hydrogen (secondary N) is 3. The van der Waals surface area contributed by atoms with E-state index in [-0.39, 0.29) is 33.5 Å². The molecule has 1 amide bonds. The van der Waals surface area contributed by atoms with Crippen LogP contribution >= 0.6 is 11.6 Å². The van der Waals surface area contributed by atoms with E-state index in [2.05, 4.69) is 15.6 Å².